The van der Waals surface area contributed by atoms with Gasteiger partial charge in [0.05, 0.1) is 6.10 Å². The number of carbonyl (C=O) groups excluding carboxylic acids is 1. The lowest BCUT2D eigenvalue weighted by Gasteiger charge is -2.32. The van der Waals surface area contributed by atoms with Gasteiger partial charge in [-0.05, 0) is 52.4 Å². The van der Waals surface area contributed by atoms with Gasteiger partial charge < -0.3 is 20.1 Å². The Bertz CT molecular complexity index is 356. The molecule has 1 amide bonds. The Balaban J connectivity index is 1.80. The fraction of sp³-hybridized carbons (Fsp3) is 0.944. The molecular weight excluding hydrogens is 292 g/mol. The van der Waals surface area contributed by atoms with Crippen LogP contribution in [0, 0.1) is 5.92 Å². The average Bonchev–Trinajstić information content (AvgIpc) is 3.00. The number of alkyl carbamates (subject to hydrolysis) is 1. The van der Waals surface area contributed by atoms with Gasteiger partial charge in [0.25, 0.3) is 0 Å². The number of nitrogens with one attached hydrogen (secondary N) is 2. The molecule has 134 valence electrons. The predicted octanol–water partition coefficient (Wildman–Crippen LogP) is 3.23. The highest BCUT2D eigenvalue weighted by atomic mass is 16.6. The van der Waals surface area contributed by atoms with E-state index in [1.807, 2.05) is 20.8 Å². The Hall–Kier alpha value is -0.810. The zero-order valence-corrected chi connectivity index (χ0v) is 15.0. The Morgan fingerprint density at radius 3 is 2.52 bits per heavy atom. The maximum absolute atomic E-state index is 11.9. The van der Waals surface area contributed by atoms with Crippen molar-refractivity contribution >= 4 is 6.09 Å². The van der Waals surface area contributed by atoms with E-state index in [2.05, 4.69) is 10.6 Å². The van der Waals surface area contributed by atoms with Crippen LogP contribution in [-0.4, -0.2) is 43.5 Å². The summed E-state index contributed by atoms with van der Waals surface area (Å²) < 4.78 is 11.1. The van der Waals surface area contributed by atoms with Crippen LogP contribution in [0.5, 0.6) is 0 Å². The molecule has 2 fully saturated rings. The SMILES string of the molecule is CC(C)(C)OC(=O)NCC(NCC1CCCO1)C1CCCCC1. The van der Waals surface area contributed by atoms with E-state index in [0.717, 1.165) is 26.0 Å². The van der Waals surface area contributed by atoms with Crippen molar-refractivity contribution in [3.63, 3.8) is 0 Å². The maximum atomic E-state index is 11.9. The number of hydrogen-bond donors (Lipinski definition) is 2. The first kappa shape index (κ1) is 18.5. The topological polar surface area (TPSA) is 59.6 Å². The van der Waals surface area contributed by atoms with Gasteiger partial charge in [-0.3, -0.25) is 0 Å². The summed E-state index contributed by atoms with van der Waals surface area (Å²) >= 11 is 0. The molecule has 1 aliphatic heterocycles. The Morgan fingerprint density at radius 2 is 1.91 bits per heavy atom. The minimum atomic E-state index is -0.449. The highest BCUT2D eigenvalue weighted by molar-refractivity contribution is 5.67. The first-order valence-electron chi connectivity index (χ1n) is 9.26. The first-order valence-corrected chi connectivity index (χ1v) is 9.26. The van der Waals surface area contributed by atoms with Crippen LogP contribution in [-0.2, 0) is 9.47 Å². The van der Waals surface area contributed by atoms with Crippen molar-refractivity contribution in [3.05, 3.63) is 0 Å². The van der Waals surface area contributed by atoms with Gasteiger partial charge in [0.1, 0.15) is 5.60 Å². The first-order chi connectivity index (χ1) is 10.9. The molecular formula is C18H34N2O3. The van der Waals surface area contributed by atoms with Crippen molar-refractivity contribution < 1.29 is 14.3 Å². The lowest BCUT2D eigenvalue weighted by Crippen LogP contribution is -2.49. The predicted molar refractivity (Wildman–Crippen MR) is 91.6 cm³/mol. The summed E-state index contributed by atoms with van der Waals surface area (Å²) in [6.45, 7) is 8.07. The summed E-state index contributed by atoms with van der Waals surface area (Å²) in [5, 5.41) is 6.60. The van der Waals surface area contributed by atoms with E-state index in [0.29, 0.717) is 24.6 Å². The zero-order chi connectivity index (χ0) is 16.7. The van der Waals surface area contributed by atoms with Gasteiger partial charge in [0, 0.05) is 25.7 Å². The van der Waals surface area contributed by atoms with Crippen LogP contribution in [0.15, 0.2) is 0 Å². The molecule has 2 rings (SSSR count). The van der Waals surface area contributed by atoms with Crippen LogP contribution in [0.4, 0.5) is 4.79 Å². The van der Waals surface area contributed by atoms with Crippen LogP contribution >= 0.6 is 0 Å². The van der Waals surface area contributed by atoms with Crippen molar-refractivity contribution in [1.82, 2.24) is 10.6 Å². The summed E-state index contributed by atoms with van der Waals surface area (Å²) in [6.07, 6.45) is 8.76. The average molecular weight is 326 g/mol. The van der Waals surface area contributed by atoms with Gasteiger partial charge in [0.2, 0.25) is 0 Å². The van der Waals surface area contributed by atoms with Gasteiger partial charge in [0.15, 0.2) is 0 Å². The van der Waals surface area contributed by atoms with Crippen molar-refractivity contribution in [2.75, 3.05) is 19.7 Å². The molecule has 1 saturated heterocycles. The molecule has 0 spiro atoms. The smallest absolute Gasteiger partial charge is 0.407 e. The molecule has 0 aromatic rings. The Kier molecular flexibility index (Phi) is 7.15. The summed E-state index contributed by atoms with van der Waals surface area (Å²) in [5.41, 5.74) is -0.449. The molecule has 0 bridgehead atoms. The van der Waals surface area contributed by atoms with Crippen molar-refractivity contribution in [3.8, 4) is 0 Å². The molecule has 1 saturated carbocycles. The largest absolute Gasteiger partial charge is 0.444 e. The van der Waals surface area contributed by atoms with Crippen LogP contribution in [0.3, 0.4) is 0 Å². The monoisotopic (exact) mass is 326 g/mol. The molecule has 1 aliphatic carbocycles. The number of ether oxygens (including phenoxy) is 2. The minimum absolute atomic E-state index is 0.312. The molecule has 1 heterocycles. The van der Waals surface area contributed by atoms with Gasteiger partial charge in [-0.1, -0.05) is 19.3 Å². The van der Waals surface area contributed by atoms with Crippen LogP contribution in [0.25, 0.3) is 0 Å². The highest BCUT2D eigenvalue weighted by Gasteiger charge is 2.26. The Labute approximate surface area is 140 Å². The third kappa shape index (κ3) is 7.08. The maximum Gasteiger partial charge on any atom is 0.407 e. The fourth-order valence-corrected chi connectivity index (χ4v) is 3.54. The summed E-state index contributed by atoms with van der Waals surface area (Å²) in [6, 6.07) is 0.312. The van der Waals surface area contributed by atoms with Crippen LogP contribution < -0.4 is 10.6 Å². The third-order valence-corrected chi connectivity index (χ3v) is 4.72. The van der Waals surface area contributed by atoms with Crippen LogP contribution in [0.1, 0.15) is 65.7 Å². The van der Waals surface area contributed by atoms with Gasteiger partial charge >= 0.3 is 6.09 Å². The van der Waals surface area contributed by atoms with E-state index in [4.69, 9.17) is 9.47 Å². The molecule has 0 radical (unpaired) electrons. The van der Waals surface area contributed by atoms with Crippen molar-refractivity contribution in [1.29, 1.82) is 0 Å². The van der Waals surface area contributed by atoms with E-state index in [9.17, 15) is 4.79 Å². The number of hydrogen-bond acceptors (Lipinski definition) is 4. The number of rotatable bonds is 6. The summed E-state index contributed by atoms with van der Waals surface area (Å²) in [4.78, 5) is 11.9. The van der Waals surface area contributed by atoms with Crippen molar-refractivity contribution in [2.45, 2.75) is 83.5 Å². The number of amides is 1. The molecule has 2 atom stereocenters. The summed E-state index contributed by atoms with van der Waals surface area (Å²) in [5.74, 6) is 0.639. The van der Waals surface area contributed by atoms with E-state index in [1.165, 1.54) is 32.1 Å². The second kappa shape index (κ2) is 8.88. The second-order valence-corrected chi connectivity index (χ2v) is 7.93. The normalized spacial score (nSPS) is 24.4. The molecule has 0 aromatic carbocycles. The standard InChI is InChI=1S/C18H34N2O3/c1-18(2,3)23-17(21)20-13-16(14-8-5-4-6-9-14)19-12-15-10-7-11-22-15/h14-16,19H,4-13H2,1-3H3,(H,20,21). The molecule has 23 heavy (non-hydrogen) atoms. The van der Waals surface area contributed by atoms with E-state index in [1.54, 1.807) is 0 Å². The quantitative estimate of drug-likeness (QED) is 0.787. The minimum Gasteiger partial charge on any atom is -0.444 e. The van der Waals surface area contributed by atoms with Gasteiger partial charge in [-0.2, -0.15) is 0 Å². The van der Waals surface area contributed by atoms with E-state index in [-0.39, 0.29) is 6.09 Å². The molecule has 2 N–H and O–H groups in total. The lowest BCUT2D eigenvalue weighted by molar-refractivity contribution is 0.0512. The van der Waals surface area contributed by atoms with Gasteiger partial charge in [-0.15, -0.1) is 0 Å². The highest BCUT2D eigenvalue weighted by Crippen LogP contribution is 2.26. The lowest BCUT2D eigenvalue weighted by atomic mass is 9.83. The number of carbonyl (C=O) groups is 1. The fourth-order valence-electron chi connectivity index (χ4n) is 3.54. The molecule has 2 aliphatic rings. The molecule has 0 aromatic heterocycles. The third-order valence-electron chi connectivity index (χ3n) is 4.72. The van der Waals surface area contributed by atoms with E-state index >= 15 is 0 Å². The van der Waals surface area contributed by atoms with E-state index < -0.39 is 5.60 Å². The van der Waals surface area contributed by atoms with Crippen molar-refractivity contribution in [2.24, 2.45) is 5.92 Å². The zero-order valence-electron chi connectivity index (χ0n) is 15.0. The second-order valence-electron chi connectivity index (χ2n) is 7.93. The molecule has 5 heteroatoms. The summed E-state index contributed by atoms with van der Waals surface area (Å²) in [7, 11) is 0. The molecule has 2 unspecified atom stereocenters. The van der Waals surface area contributed by atoms with Gasteiger partial charge in [-0.25, -0.2) is 4.79 Å². The van der Waals surface area contributed by atoms with Crippen LogP contribution in [0.2, 0.25) is 0 Å². The Morgan fingerprint density at radius 1 is 1.17 bits per heavy atom. The molecule has 5 nitrogen and oxygen atoms in total.